The van der Waals surface area contributed by atoms with Gasteiger partial charge in [-0.25, -0.2) is 0 Å². The fraction of sp³-hybridized carbons (Fsp3) is 0.750. The Hall–Kier alpha value is -0.680. The lowest BCUT2D eigenvalue weighted by atomic mass is 9.75. The molecule has 14 heavy (non-hydrogen) atoms. The van der Waals surface area contributed by atoms with Gasteiger partial charge in [-0.3, -0.25) is 0 Å². The molecule has 0 amide bonds. The summed E-state index contributed by atoms with van der Waals surface area (Å²) in [4.78, 5) is 0. The molecule has 0 spiro atoms. The molecule has 0 aliphatic heterocycles. The average Bonchev–Trinajstić information content (AvgIpc) is 2.21. The van der Waals surface area contributed by atoms with Crippen molar-refractivity contribution in [2.45, 2.75) is 36.1 Å². The number of terminal acetylenes is 1. The van der Waals surface area contributed by atoms with Crippen LogP contribution >= 0.6 is 0 Å². The van der Waals surface area contributed by atoms with Crippen LogP contribution in [0.5, 0.6) is 0 Å². The van der Waals surface area contributed by atoms with Gasteiger partial charge in [-0.1, -0.05) is 5.92 Å². The highest BCUT2D eigenvalue weighted by Crippen LogP contribution is 2.29. The van der Waals surface area contributed by atoms with Crippen LogP contribution in [0.25, 0.3) is 0 Å². The zero-order valence-electron chi connectivity index (χ0n) is 7.15. The lowest BCUT2D eigenvalue weighted by molar-refractivity contribution is -0.247. The molecule has 6 N–H and O–H groups in total. The van der Waals surface area contributed by atoms with E-state index in [-0.39, 0.29) is 0 Å². The molecule has 6 heteroatoms. The standard InChI is InChI=1S/C8H12O6/c1-2-8(14)6(12)4(10)3(9)5(11)7(8)13/h1,3-7,9-14H/t3-,4-,5+,6+,7-,8+. The minimum atomic E-state index is -2.46. The zero-order valence-corrected chi connectivity index (χ0v) is 7.15. The minimum Gasteiger partial charge on any atom is -0.387 e. The Morgan fingerprint density at radius 2 is 1.21 bits per heavy atom. The summed E-state index contributed by atoms with van der Waals surface area (Å²) < 4.78 is 0. The van der Waals surface area contributed by atoms with Crippen molar-refractivity contribution in [3.8, 4) is 12.3 Å². The Bertz CT molecular complexity index is 243. The highest BCUT2D eigenvalue weighted by Gasteiger charge is 2.56. The van der Waals surface area contributed by atoms with E-state index in [0.717, 1.165) is 0 Å². The molecule has 0 heterocycles. The molecular formula is C8H12O6. The molecule has 6 atom stereocenters. The monoisotopic (exact) mass is 204 g/mol. The molecule has 0 saturated heterocycles. The van der Waals surface area contributed by atoms with Gasteiger partial charge in [-0.2, -0.15) is 0 Å². The minimum absolute atomic E-state index is 1.69. The quantitative estimate of drug-likeness (QED) is 0.225. The second kappa shape index (κ2) is 3.47. The van der Waals surface area contributed by atoms with Crippen molar-refractivity contribution in [2.75, 3.05) is 0 Å². The van der Waals surface area contributed by atoms with Gasteiger partial charge >= 0.3 is 0 Å². The molecule has 1 aliphatic rings. The molecular weight excluding hydrogens is 192 g/mol. The Kier molecular flexibility index (Phi) is 2.83. The highest BCUT2D eigenvalue weighted by atomic mass is 16.4. The van der Waals surface area contributed by atoms with E-state index in [0.29, 0.717) is 0 Å². The SMILES string of the molecule is C#C[C@@]1(O)[C@H](O)[C@@H](O)[C@H](O)[C@@H](O)[C@@H]1O. The second-order valence-corrected chi connectivity index (χ2v) is 3.33. The van der Waals surface area contributed by atoms with Crippen molar-refractivity contribution in [1.82, 2.24) is 0 Å². The normalized spacial score (nSPS) is 53.9. The third-order valence-corrected chi connectivity index (χ3v) is 2.48. The van der Waals surface area contributed by atoms with Gasteiger partial charge in [0.25, 0.3) is 0 Å². The van der Waals surface area contributed by atoms with Gasteiger partial charge in [-0.15, -0.1) is 6.42 Å². The number of aliphatic hydroxyl groups excluding tert-OH is 5. The van der Waals surface area contributed by atoms with E-state index in [1.165, 1.54) is 0 Å². The first-order chi connectivity index (χ1) is 6.36. The predicted molar refractivity (Wildman–Crippen MR) is 43.8 cm³/mol. The van der Waals surface area contributed by atoms with Crippen LogP contribution in [0.2, 0.25) is 0 Å². The lowest BCUT2D eigenvalue weighted by Gasteiger charge is -2.44. The molecule has 80 valence electrons. The maximum atomic E-state index is 9.51. The van der Waals surface area contributed by atoms with Crippen molar-refractivity contribution < 1.29 is 30.6 Å². The van der Waals surface area contributed by atoms with E-state index < -0.39 is 36.1 Å². The molecule has 0 bridgehead atoms. The maximum absolute atomic E-state index is 9.51. The highest BCUT2D eigenvalue weighted by molar-refractivity contribution is 5.22. The molecule has 6 nitrogen and oxygen atoms in total. The Balaban J connectivity index is 3.06. The summed E-state index contributed by atoms with van der Waals surface area (Å²) in [5, 5.41) is 55.5. The molecule has 0 unspecified atom stereocenters. The summed E-state index contributed by atoms with van der Waals surface area (Å²) in [6.07, 6.45) is -4.34. The fourth-order valence-electron chi connectivity index (χ4n) is 1.44. The van der Waals surface area contributed by atoms with Crippen LogP contribution in [0.3, 0.4) is 0 Å². The van der Waals surface area contributed by atoms with Crippen molar-refractivity contribution >= 4 is 0 Å². The van der Waals surface area contributed by atoms with Crippen LogP contribution < -0.4 is 0 Å². The van der Waals surface area contributed by atoms with Gasteiger partial charge in [-0.05, 0) is 0 Å². The predicted octanol–water partition coefficient (Wildman–Crippen LogP) is -3.83. The molecule has 1 aliphatic carbocycles. The molecule has 1 rings (SSSR count). The van der Waals surface area contributed by atoms with Gasteiger partial charge in [0.1, 0.15) is 30.5 Å². The first-order valence-electron chi connectivity index (χ1n) is 3.96. The first-order valence-corrected chi connectivity index (χ1v) is 3.96. The van der Waals surface area contributed by atoms with Gasteiger partial charge in [0.15, 0.2) is 5.60 Å². The third kappa shape index (κ3) is 1.31. The van der Waals surface area contributed by atoms with Gasteiger partial charge < -0.3 is 30.6 Å². The fourth-order valence-corrected chi connectivity index (χ4v) is 1.44. The largest absolute Gasteiger partial charge is 0.387 e. The first kappa shape index (κ1) is 11.4. The summed E-state index contributed by atoms with van der Waals surface area (Å²) >= 11 is 0. The number of hydrogen-bond donors (Lipinski definition) is 6. The van der Waals surface area contributed by atoms with Crippen LogP contribution in [-0.4, -0.2) is 66.8 Å². The Labute approximate surface area is 80.1 Å². The van der Waals surface area contributed by atoms with Crippen LogP contribution in [0, 0.1) is 12.3 Å². The molecule has 0 aromatic heterocycles. The zero-order chi connectivity index (χ0) is 11.1. The van der Waals surface area contributed by atoms with Crippen molar-refractivity contribution in [3.05, 3.63) is 0 Å². The van der Waals surface area contributed by atoms with E-state index in [1.807, 2.05) is 0 Å². The van der Waals surface area contributed by atoms with Crippen LogP contribution in [0.4, 0.5) is 0 Å². The number of rotatable bonds is 0. The van der Waals surface area contributed by atoms with Gasteiger partial charge in [0.05, 0.1) is 0 Å². The van der Waals surface area contributed by atoms with Crippen molar-refractivity contribution in [1.29, 1.82) is 0 Å². The Morgan fingerprint density at radius 3 is 1.50 bits per heavy atom. The second-order valence-electron chi connectivity index (χ2n) is 3.33. The molecule has 1 fully saturated rings. The summed E-state index contributed by atoms with van der Waals surface area (Å²) in [5.41, 5.74) is -2.46. The molecule has 0 aromatic rings. The van der Waals surface area contributed by atoms with Crippen LogP contribution in [0.15, 0.2) is 0 Å². The maximum Gasteiger partial charge on any atom is 0.182 e. The summed E-state index contributed by atoms with van der Waals surface area (Å²) in [7, 11) is 0. The summed E-state index contributed by atoms with van der Waals surface area (Å²) in [5.74, 6) is 1.69. The Morgan fingerprint density at radius 1 is 0.857 bits per heavy atom. The van der Waals surface area contributed by atoms with E-state index in [1.54, 1.807) is 5.92 Å². The van der Waals surface area contributed by atoms with Gasteiger partial charge in [0, 0.05) is 0 Å². The summed E-state index contributed by atoms with van der Waals surface area (Å²) in [6.45, 7) is 0. The van der Waals surface area contributed by atoms with Crippen LogP contribution in [-0.2, 0) is 0 Å². The van der Waals surface area contributed by atoms with Crippen LogP contribution in [0.1, 0.15) is 0 Å². The van der Waals surface area contributed by atoms with E-state index >= 15 is 0 Å². The lowest BCUT2D eigenvalue weighted by Crippen LogP contribution is -2.70. The smallest absolute Gasteiger partial charge is 0.182 e. The topological polar surface area (TPSA) is 121 Å². The number of aliphatic hydroxyl groups is 6. The molecule has 0 aromatic carbocycles. The van der Waals surface area contributed by atoms with Crippen molar-refractivity contribution in [3.63, 3.8) is 0 Å². The average molecular weight is 204 g/mol. The van der Waals surface area contributed by atoms with E-state index in [9.17, 15) is 25.5 Å². The number of hydrogen-bond acceptors (Lipinski definition) is 6. The third-order valence-electron chi connectivity index (χ3n) is 2.48. The van der Waals surface area contributed by atoms with E-state index in [2.05, 4.69) is 0 Å². The van der Waals surface area contributed by atoms with Gasteiger partial charge in [0.2, 0.25) is 0 Å². The van der Waals surface area contributed by atoms with E-state index in [4.69, 9.17) is 11.5 Å². The summed E-state index contributed by atoms with van der Waals surface area (Å²) in [6, 6.07) is 0. The molecule has 1 saturated carbocycles. The van der Waals surface area contributed by atoms with Crippen molar-refractivity contribution in [2.24, 2.45) is 0 Å². The molecule has 0 radical (unpaired) electrons.